The van der Waals surface area contributed by atoms with Crippen molar-refractivity contribution in [2.75, 3.05) is 32.7 Å². The van der Waals surface area contributed by atoms with E-state index in [1.165, 1.54) is 0 Å². The topological polar surface area (TPSA) is 49.6 Å². The summed E-state index contributed by atoms with van der Waals surface area (Å²) < 4.78 is 0. The van der Waals surface area contributed by atoms with Gasteiger partial charge in [-0.25, -0.2) is 0 Å². The van der Waals surface area contributed by atoms with Crippen LogP contribution in [0.2, 0.25) is 0 Å². The number of carbonyl (C=O) groups is 1. The largest absolute Gasteiger partial charge is 0.342 e. The van der Waals surface area contributed by atoms with Gasteiger partial charge in [-0.15, -0.1) is 12.4 Å². The van der Waals surface area contributed by atoms with E-state index >= 15 is 0 Å². The van der Waals surface area contributed by atoms with Crippen LogP contribution in [0.3, 0.4) is 0 Å². The quantitative estimate of drug-likeness (QED) is 0.798. The Balaban J connectivity index is 0.00000225. The maximum absolute atomic E-state index is 11.8. The van der Waals surface area contributed by atoms with E-state index in [0.717, 1.165) is 39.0 Å². The number of rotatable bonds is 4. The average molecular weight is 250 g/mol. The lowest BCUT2D eigenvalue weighted by Gasteiger charge is -2.31. The van der Waals surface area contributed by atoms with Crippen molar-refractivity contribution in [3.63, 3.8) is 0 Å². The Kier molecular flexibility index (Phi) is 7.72. The zero-order chi connectivity index (χ0) is 11.3. The number of nitrogens with zero attached hydrogens (tertiary/aromatic N) is 2. The predicted molar refractivity (Wildman–Crippen MR) is 68.8 cm³/mol. The van der Waals surface area contributed by atoms with Crippen LogP contribution in [-0.2, 0) is 4.79 Å². The maximum Gasteiger partial charge on any atom is 0.236 e. The molecule has 1 saturated heterocycles. The molecule has 0 aromatic rings. The molecule has 1 heterocycles. The van der Waals surface area contributed by atoms with Gasteiger partial charge >= 0.3 is 0 Å². The van der Waals surface area contributed by atoms with Crippen LogP contribution in [0.1, 0.15) is 26.7 Å². The highest BCUT2D eigenvalue weighted by Crippen LogP contribution is 2.08. The van der Waals surface area contributed by atoms with E-state index in [1.807, 2.05) is 18.7 Å². The third kappa shape index (κ3) is 4.68. The van der Waals surface area contributed by atoms with Crippen molar-refractivity contribution in [2.45, 2.75) is 32.7 Å². The van der Waals surface area contributed by atoms with Crippen LogP contribution >= 0.6 is 12.4 Å². The van der Waals surface area contributed by atoms with E-state index in [0.29, 0.717) is 6.54 Å². The Morgan fingerprint density at radius 2 is 2.06 bits per heavy atom. The zero-order valence-corrected chi connectivity index (χ0v) is 11.1. The molecular weight excluding hydrogens is 226 g/mol. The second kappa shape index (κ2) is 7.87. The summed E-state index contributed by atoms with van der Waals surface area (Å²) in [5, 5.41) is 0. The van der Waals surface area contributed by atoms with Gasteiger partial charge in [-0.3, -0.25) is 9.69 Å². The molecule has 1 aliphatic rings. The Morgan fingerprint density at radius 1 is 1.44 bits per heavy atom. The lowest BCUT2D eigenvalue weighted by Crippen LogP contribution is -2.47. The molecule has 0 aromatic heterocycles. The lowest BCUT2D eigenvalue weighted by atomic mass is 10.1. The summed E-state index contributed by atoms with van der Waals surface area (Å²) in [6.45, 7) is 8.06. The van der Waals surface area contributed by atoms with Gasteiger partial charge in [0.15, 0.2) is 0 Å². The number of hydrogen-bond donors (Lipinski definition) is 1. The highest BCUT2D eigenvalue weighted by atomic mass is 35.5. The van der Waals surface area contributed by atoms with Crippen molar-refractivity contribution in [1.29, 1.82) is 0 Å². The summed E-state index contributed by atoms with van der Waals surface area (Å²) >= 11 is 0. The number of likely N-dealkylation sites (tertiary alicyclic amines) is 1. The number of halogens is 1. The fraction of sp³-hybridized carbons (Fsp3) is 0.909. The first-order valence-corrected chi connectivity index (χ1v) is 5.93. The number of likely N-dealkylation sites (N-methyl/N-ethyl adjacent to an activating group) is 1. The Morgan fingerprint density at radius 3 is 2.56 bits per heavy atom. The molecule has 16 heavy (non-hydrogen) atoms. The number of hydrogen-bond acceptors (Lipinski definition) is 3. The zero-order valence-electron chi connectivity index (χ0n) is 10.3. The molecule has 0 aromatic carbocycles. The Hall–Kier alpha value is -0.320. The summed E-state index contributed by atoms with van der Waals surface area (Å²) in [5.41, 5.74) is 5.88. The van der Waals surface area contributed by atoms with E-state index in [2.05, 4.69) is 4.90 Å². The number of amides is 1. The summed E-state index contributed by atoms with van der Waals surface area (Å²) in [5.74, 6) is 0.231. The Labute approximate surface area is 105 Å². The first kappa shape index (κ1) is 15.7. The van der Waals surface area contributed by atoms with E-state index in [9.17, 15) is 4.79 Å². The van der Waals surface area contributed by atoms with Gasteiger partial charge in [-0.2, -0.15) is 0 Å². The SMILES string of the molecule is CCN(CC)C(=O)CN1CCCC(N)C1.Cl. The van der Waals surface area contributed by atoms with Crippen molar-refractivity contribution < 1.29 is 4.79 Å². The Bertz CT molecular complexity index is 209. The summed E-state index contributed by atoms with van der Waals surface area (Å²) in [4.78, 5) is 15.9. The lowest BCUT2D eigenvalue weighted by molar-refractivity contribution is -0.132. The maximum atomic E-state index is 11.8. The summed E-state index contributed by atoms with van der Waals surface area (Å²) in [7, 11) is 0. The van der Waals surface area contributed by atoms with E-state index < -0.39 is 0 Å². The summed E-state index contributed by atoms with van der Waals surface area (Å²) in [6.07, 6.45) is 2.21. The first-order chi connectivity index (χ1) is 7.17. The highest BCUT2D eigenvalue weighted by Gasteiger charge is 2.20. The molecule has 96 valence electrons. The van der Waals surface area contributed by atoms with Crippen LogP contribution in [0.4, 0.5) is 0 Å². The molecule has 1 atom stereocenters. The van der Waals surface area contributed by atoms with Gasteiger partial charge in [0.2, 0.25) is 5.91 Å². The second-order valence-corrected chi connectivity index (χ2v) is 4.20. The standard InChI is InChI=1S/C11H23N3O.ClH/c1-3-14(4-2)11(15)9-13-7-5-6-10(12)8-13;/h10H,3-9,12H2,1-2H3;1H. The molecule has 1 unspecified atom stereocenters. The van der Waals surface area contributed by atoms with Crippen LogP contribution < -0.4 is 5.73 Å². The molecule has 1 rings (SSSR count). The smallest absolute Gasteiger partial charge is 0.236 e. The molecule has 1 fully saturated rings. The summed E-state index contributed by atoms with van der Waals surface area (Å²) in [6, 6.07) is 0.253. The molecule has 2 N–H and O–H groups in total. The van der Waals surface area contributed by atoms with Gasteiger partial charge in [0.05, 0.1) is 6.54 Å². The van der Waals surface area contributed by atoms with Crippen LogP contribution in [0, 0.1) is 0 Å². The van der Waals surface area contributed by atoms with E-state index in [4.69, 9.17) is 5.73 Å². The molecule has 5 heteroatoms. The number of carbonyl (C=O) groups excluding carboxylic acids is 1. The van der Waals surface area contributed by atoms with Crippen molar-refractivity contribution >= 4 is 18.3 Å². The molecule has 4 nitrogen and oxygen atoms in total. The van der Waals surface area contributed by atoms with Crippen LogP contribution in [0.15, 0.2) is 0 Å². The molecule has 0 saturated carbocycles. The third-order valence-corrected chi connectivity index (χ3v) is 3.02. The molecule has 0 spiro atoms. The van der Waals surface area contributed by atoms with Gasteiger partial charge in [0, 0.05) is 25.7 Å². The molecule has 1 aliphatic heterocycles. The molecule has 1 amide bonds. The fourth-order valence-electron chi connectivity index (χ4n) is 2.10. The fourth-order valence-corrected chi connectivity index (χ4v) is 2.10. The monoisotopic (exact) mass is 249 g/mol. The van der Waals surface area contributed by atoms with Crippen molar-refractivity contribution in [1.82, 2.24) is 9.80 Å². The van der Waals surface area contributed by atoms with E-state index in [1.54, 1.807) is 0 Å². The van der Waals surface area contributed by atoms with Crippen LogP contribution in [0.25, 0.3) is 0 Å². The normalized spacial score (nSPS) is 21.3. The van der Waals surface area contributed by atoms with Crippen LogP contribution in [-0.4, -0.2) is 54.5 Å². The van der Waals surface area contributed by atoms with Gasteiger partial charge in [0.1, 0.15) is 0 Å². The first-order valence-electron chi connectivity index (χ1n) is 5.93. The second-order valence-electron chi connectivity index (χ2n) is 4.20. The molecule has 0 bridgehead atoms. The molecular formula is C11H24ClN3O. The van der Waals surface area contributed by atoms with Crippen molar-refractivity contribution in [3.8, 4) is 0 Å². The van der Waals surface area contributed by atoms with Gasteiger partial charge in [-0.1, -0.05) is 0 Å². The average Bonchev–Trinajstić information content (AvgIpc) is 2.19. The number of piperidine rings is 1. The third-order valence-electron chi connectivity index (χ3n) is 3.02. The van der Waals surface area contributed by atoms with Gasteiger partial charge < -0.3 is 10.6 Å². The van der Waals surface area contributed by atoms with E-state index in [-0.39, 0.29) is 24.4 Å². The predicted octanol–water partition coefficient (Wildman–Crippen LogP) is 0.700. The van der Waals surface area contributed by atoms with Crippen molar-refractivity contribution in [2.24, 2.45) is 5.73 Å². The van der Waals surface area contributed by atoms with Gasteiger partial charge in [0.25, 0.3) is 0 Å². The van der Waals surface area contributed by atoms with Crippen LogP contribution in [0.5, 0.6) is 0 Å². The van der Waals surface area contributed by atoms with Gasteiger partial charge in [-0.05, 0) is 33.2 Å². The number of nitrogens with two attached hydrogens (primary N) is 1. The van der Waals surface area contributed by atoms with Crippen molar-refractivity contribution in [3.05, 3.63) is 0 Å². The highest BCUT2D eigenvalue weighted by molar-refractivity contribution is 5.85. The molecule has 0 radical (unpaired) electrons. The minimum Gasteiger partial charge on any atom is -0.342 e. The minimum absolute atomic E-state index is 0. The minimum atomic E-state index is 0. The molecule has 0 aliphatic carbocycles.